The minimum absolute atomic E-state index is 0.264. The fourth-order valence-corrected chi connectivity index (χ4v) is 3.22. The second-order valence-electron chi connectivity index (χ2n) is 5.85. The van der Waals surface area contributed by atoms with Gasteiger partial charge >= 0.3 is 5.97 Å². The van der Waals surface area contributed by atoms with Crippen LogP contribution in [0.2, 0.25) is 0 Å². The monoisotopic (exact) mass is 263 g/mol. The van der Waals surface area contributed by atoms with Crippen molar-refractivity contribution in [1.29, 1.82) is 0 Å². The average Bonchev–Trinajstić information content (AvgIpc) is 2.83. The second kappa shape index (κ2) is 6.27. The van der Waals surface area contributed by atoms with Gasteiger partial charge in [-0.15, -0.1) is 0 Å². The van der Waals surface area contributed by atoms with Crippen LogP contribution < -0.4 is 0 Å². The summed E-state index contributed by atoms with van der Waals surface area (Å²) in [5.41, 5.74) is 1.65. The molecule has 0 bridgehead atoms. The molecule has 0 aliphatic heterocycles. The van der Waals surface area contributed by atoms with Crippen LogP contribution in [0, 0.1) is 5.92 Å². The van der Waals surface area contributed by atoms with E-state index in [1.165, 1.54) is 37.8 Å². The van der Waals surface area contributed by atoms with E-state index in [9.17, 15) is 9.90 Å². The van der Waals surface area contributed by atoms with E-state index in [0.717, 1.165) is 18.8 Å². The molecule has 106 valence electrons. The number of aromatic carboxylic acids is 1. The Kier molecular flexibility index (Phi) is 4.67. The molecule has 0 unspecified atom stereocenters. The highest BCUT2D eigenvalue weighted by molar-refractivity contribution is 5.86. The highest BCUT2D eigenvalue weighted by Crippen LogP contribution is 2.29. The van der Waals surface area contributed by atoms with E-state index in [-0.39, 0.29) is 6.04 Å². The summed E-state index contributed by atoms with van der Waals surface area (Å²) in [5, 5.41) is 9.31. The van der Waals surface area contributed by atoms with Crippen molar-refractivity contribution in [3.63, 3.8) is 0 Å². The normalized spacial score (nSPS) is 18.4. The molecule has 0 saturated heterocycles. The Bertz CT molecular complexity index is 430. The van der Waals surface area contributed by atoms with Gasteiger partial charge in [0.25, 0.3) is 0 Å². The molecule has 1 fully saturated rings. The third-order valence-corrected chi connectivity index (χ3v) is 4.48. The summed E-state index contributed by atoms with van der Waals surface area (Å²) < 4.78 is 2.04. The lowest BCUT2D eigenvalue weighted by molar-refractivity contribution is 0.0682. The molecule has 1 N–H and O–H groups in total. The Morgan fingerprint density at radius 2 is 2.05 bits per heavy atom. The highest BCUT2D eigenvalue weighted by atomic mass is 16.4. The Morgan fingerprint density at radius 1 is 1.37 bits per heavy atom. The van der Waals surface area contributed by atoms with Crippen molar-refractivity contribution in [2.24, 2.45) is 5.92 Å². The summed E-state index contributed by atoms with van der Waals surface area (Å²) in [6.45, 7) is 4.22. The van der Waals surface area contributed by atoms with Gasteiger partial charge in [0, 0.05) is 11.7 Å². The van der Waals surface area contributed by atoms with Crippen LogP contribution in [0.4, 0.5) is 0 Å². The van der Waals surface area contributed by atoms with Crippen molar-refractivity contribution < 1.29 is 9.90 Å². The van der Waals surface area contributed by atoms with Gasteiger partial charge in [0.15, 0.2) is 0 Å². The minimum atomic E-state index is -0.810. The van der Waals surface area contributed by atoms with Crippen LogP contribution in [0.25, 0.3) is 0 Å². The van der Waals surface area contributed by atoms with Crippen LogP contribution in [-0.4, -0.2) is 15.6 Å². The van der Waals surface area contributed by atoms with E-state index in [0.29, 0.717) is 5.69 Å². The smallest absolute Gasteiger partial charge is 0.352 e. The quantitative estimate of drug-likeness (QED) is 0.861. The first-order valence-corrected chi connectivity index (χ1v) is 7.56. The Labute approximate surface area is 115 Å². The van der Waals surface area contributed by atoms with Crippen LogP contribution in [0.1, 0.15) is 74.6 Å². The molecule has 1 heterocycles. The van der Waals surface area contributed by atoms with Gasteiger partial charge in [-0.3, -0.25) is 0 Å². The zero-order valence-electron chi connectivity index (χ0n) is 12.1. The van der Waals surface area contributed by atoms with Crippen molar-refractivity contribution in [3.8, 4) is 0 Å². The van der Waals surface area contributed by atoms with E-state index >= 15 is 0 Å². The van der Waals surface area contributed by atoms with Crippen LogP contribution in [-0.2, 0) is 6.42 Å². The van der Waals surface area contributed by atoms with E-state index in [1.807, 2.05) is 10.6 Å². The lowest BCUT2D eigenvalue weighted by Crippen LogP contribution is -2.18. The predicted octanol–water partition coefficient (Wildman–Crippen LogP) is 4.28. The first kappa shape index (κ1) is 14.2. The fraction of sp³-hybridized carbons (Fsp3) is 0.688. The second-order valence-corrected chi connectivity index (χ2v) is 5.85. The lowest BCUT2D eigenvalue weighted by Gasteiger charge is -2.24. The van der Waals surface area contributed by atoms with E-state index in [4.69, 9.17) is 0 Å². The third kappa shape index (κ3) is 3.20. The molecule has 1 aliphatic carbocycles. The maximum atomic E-state index is 11.3. The lowest BCUT2D eigenvalue weighted by atomic mass is 9.86. The van der Waals surface area contributed by atoms with E-state index < -0.39 is 5.97 Å². The Hall–Kier alpha value is -1.25. The van der Waals surface area contributed by atoms with Crippen molar-refractivity contribution in [2.75, 3.05) is 0 Å². The van der Waals surface area contributed by atoms with Crippen LogP contribution in [0.5, 0.6) is 0 Å². The first-order valence-electron chi connectivity index (χ1n) is 7.56. The Balaban J connectivity index is 2.21. The van der Waals surface area contributed by atoms with E-state index in [2.05, 4.69) is 13.8 Å². The Morgan fingerprint density at radius 3 is 2.63 bits per heavy atom. The molecular weight excluding hydrogens is 238 g/mol. The zero-order chi connectivity index (χ0) is 13.8. The largest absolute Gasteiger partial charge is 0.477 e. The number of hydrogen-bond acceptors (Lipinski definition) is 1. The number of carboxylic acids is 1. The van der Waals surface area contributed by atoms with Crippen LogP contribution in [0.15, 0.2) is 12.1 Å². The molecule has 2 rings (SSSR count). The topological polar surface area (TPSA) is 42.2 Å². The van der Waals surface area contributed by atoms with E-state index in [1.54, 1.807) is 6.07 Å². The summed E-state index contributed by atoms with van der Waals surface area (Å²) >= 11 is 0. The van der Waals surface area contributed by atoms with Crippen molar-refractivity contribution in [1.82, 2.24) is 4.57 Å². The number of hydrogen-bond donors (Lipinski definition) is 1. The van der Waals surface area contributed by atoms with Crippen LogP contribution >= 0.6 is 0 Å². The molecule has 1 aromatic heterocycles. The molecule has 0 amide bonds. The highest BCUT2D eigenvalue weighted by Gasteiger charge is 2.21. The van der Waals surface area contributed by atoms with Crippen molar-refractivity contribution in [3.05, 3.63) is 23.5 Å². The molecule has 1 aromatic rings. The first-order chi connectivity index (χ1) is 9.13. The van der Waals surface area contributed by atoms with Gasteiger partial charge in [-0.2, -0.15) is 0 Å². The molecular formula is C16H25NO2. The third-order valence-electron chi connectivity index (χ3n) is 4.48. The van der Waals surface area contributed by atoms with Gasteiger partial charge < -0.3 is 9.67 Å². The van der Waals surface area contributed by atoms with Crippen LogP contribution in [0.3, 0.4) is 0 Å². The molecule has 0 radical (unpaired) electrons. The fourth-order valence-electron chi connectivity index (χ4n) is 3.22. The number of aromatic nitrogens is 1. The zero-order valence-corrected chi connectivity index (χ0v) is 12.1. The number of nitrogens with zero attached hydrogens (tertiary/aromatic N) is 1. The van der Waals surface area contributed by atoms with Crippen molar-refractivity contribution >= 4 is 5.97 Å². The van der Waals surface area contributed by atoms with Gasteiger partial charge in [0.05, 0.1) is 0 Å². The summed E-state index contributed by atoms with van der Waals surface area (Å²) in [7, 11) is 0. The molecule has 1 saturated carbocycles. The molecule has 1 atom stereocenters. The summed E-state index contributed by atoms with van der Waals surface area (Å²) in [6.07, 6.45) is 8.64. The molecule has 19 heavy (non-hydrogen) atoms. The number of carbonyl (C=O) groups is 1. The molecule has 0 aromatic carbocycles. The number of carboxylic acid groups (broad SMARTS) is 1. The SMILES string of the molecule is CC[C@H](C)n1c(CC2CCCCC2)ccc1C(=O)O. The maximum absolute atomic E-state index is 11.3. The summed E-state index contributed by atoms with van der Waals surface area (Å²) in [4.78, 5) is 11.3. The van der Waals surface area contributed by atoms with Gasteiger partial charge in [-0.25, -0.2) is 4.79 Å². The predicted molar refractivity (Wildman–Crippen MR) is 76.7 cm³/mol. The van der Waals surface area contributed by atoms with Gasteiger partial charge in [0.1, 0.15) is 5.69 Å². The average molecular weight is 263 g/mol. The van der Waals surface area contributed by atoms with Gasteiger partial charge in [-0.1, -0.05) is 39.0 Å². The maximum Gasteiger partial charge on any atom is 0.352 e. The molecule has 0 spiro atoms. The standard InChI is InChI=1S/C16H25NO2/c1-3-12(2)17-14(9-10-15(17)16(18)19)11-13-7-5-4-6-8-13/h9-10,12-13H,3-8,11H2,1-2H3,(H,18,19)/t12-/m0/s1. The minimum Gasteiger partial charge on any atom is -0.477 e. The summed E-state index contributed by atoms with van der Waals surface area (Å²) in [6, 6.07) is 4.05. The van der Waals surface area contributed by atoms with Gasteiger partial charge in [-0.05, 0) is 37.8 Å². The summed E-state index contributed by atoms with van der Waals surface area (Å²) in [5.74, 6) is -0.0664. The molecule has 3 nitrogen and oxygen atoms in total. The number of rotatable bonds is 5. The van der Waals surface area contributed by atoms with Gasteiger partial charge in [0.2, 0.25) is 0 Å². The molecule has 3 heteroatoms. The molecule has 1 aliphatic rings. The van der Waals surface area contributed by atoms with Crippen molar-refractivity contribution in [2.45, 2.75) is 64.8 Å².